The van der Waals surface area contributed by atoms with Crippen LogP contribution in [0.3, 0.4) is 0 Å². The molecule has 2 rings (SSSR count). The zero-order valence-corrected chi connectivity index (χ0v) is 13.3. The van der Waals surface area contributed by atoms with Gasteiger partial charge in [-0.2, -0.15) is 5.10 Å². The van der Waals surface area contributed by atoms with E-state index in [4.69, 9.17) is 11.6 Å². The Morgan fingerprint density at radius 2 is 2.10 bits per heavy atom. The molecule has 1 aromatic heterocycles. The molecular formula is C16H21ClFN3. The molecule has 1 N–H and O–H groups in total. The predicted octanol–water partition coefficient (Wildman–Crippen LogP) is 4.12. The molecule has 3 nitrogen and oxygen atoms in total. The molecule has 0 unspecified atom stereocenters. The lowest BCUT2D eigenvalue weighted by Crippen LogP contribution is -2.15. The Hall–Kier alpha value is -1.39. The number of hydrogen-bond donors (Lipinski definition) is 1. The smallest absolute Gasteiger partial charge is 0.143 e. The number of rotatable bonds is 7. The molecule has 114 valence electrons. The summed E-state index contributed by atoms with van der Waals surface area (Å²) in [5, 5.41) is 7.94. The molecule has 0 bridgehead atoms. The summed E-state index contributed by atoms with van der Waals surface area (Å²) in [5.41, 5.74) is 3.01. The van der Waals surface area contributed by atoms with Gasteiger partial charge in [0.1, 0.15) is 5.82 Å². The second kappa shape index (κ2) is 7.57. The fourth-order valence-corrected chi connectivity index (χ4v) is 2.42. The number of aromatic nitrogens is 2. The molecule has 0 aliphatic rings. The van der Waals surface area contributed by atoms with Crippen LogP contribution >= 0.6 is 11.6 Å². The van der Waals surface area contributed by atoms with Crippen molar-refractivity contribution in [3.63, 3.8) is 0 Å². The van der Waals surface area contributed by atoms with Gasteiger partial charge in [0.15, 0.2) is 0 Å². The van der Waals surface area contributed by atoms with Gasteiger partial charge in [0.25, 0.3) is 0 Å². The van der Waals surface area contributed by atoms with E-state index in [2.05, 4.69) is 24.3 Å². The van der Waals surface area contributed by atoms with Crippen LogP contribution in [0, 0.1) is 5.82 Å². The summed E-state index contributed by atoms with van der Waals surface area (Å²) in [4.78, 5) is 0. The Kier molecular flexibility index (Phi) is 5.76. The van der Waals surface area contributed by atoms with Gasteiger partial charge < -0.3 is 5.32 Å². The highest BCUT2D eigenvalue weighted by Gasteiger charge is 2.12. The summed E-state index contributed by atoms with van der Waals surface area (Å²) in [6, 6.07) is 4.79. The second-order valence-corrected chi connectivity index (χ2v) is 5.46. The van der Waals surface area contributed by atoms with E-state index in [1.807, 2.05) is 10.9 Å². The molecule has 0 fully saturated rings. The number of nitrogens with one attached hydrogen (secondary N) is 1. The molecule has 0 saturated carbocycles. The Labute approximate surface area is 130 Å². The van der Waals surface area contributed by atoms with Gasteiger partial charge in [0.2, 0.25) is 0 Å². The van der Waals surface area contributed by atoms with Crippen LogP contribution in [0.2, 0.25) is 5.02 Å². The molecule has 2 aromatic rings. The number of nitrogens with zero attached hydrogens (tertiary/aromatic N) is 2. The van der Waals surface area contributed by atoms with E-state index >= 15 is 0 Å². The largest absolute Gasteiger partial charge is 0.313 e. The minimum atomic E-state index is -0.419. The maximum atomic E-state index is 13.7. The van der Waals surface area contributed by atoms with Crippen molar-refractivity contribution >= 4 is 11.6 Å². The third-order valence-corrected chi connectivity index (χ3v) is 3.64. The maximum Gasteiger partial charge on any atom is 0.143 e. The second-order valence-electron chi connectivity index (χ2n) is 5.05. The first-order valence-corrected chi connectivity index (χ1v) is 7.77. The summed E-state index contributed by atoms with van der Waals surface area (Å²) in [7, 11) is 0. The molecule has 5 heteroatoms. The molecule has 21 heavy (non-hydrogen) atoms. The molecule has 0 atom stereocenters. The van der Waals surface area contributed by atoms with Gasteiger partial charge in [-0.25, -0.2) is 9.07 Å². The van der Waals surface area contributed by atoms with Gasteiger partial charge >= 0.3 is 0 Å². The minimum absolute atomic E-state index is 0.132. The van der Waals surface area contributed by atoms with E-state index in [0.717, 1.165) is 38.0 Å². The molecule has 0 aliphatic carbocycles. The average molecular weight is 310 g/mol. The van der Waals surface area contributed by atoms with Gasteiger partial charge in [-0.05, 0) is 31.5 Å². The van der Waals surface area contributed by atoms with Crippen molar-refractivity contribution in [2.75, 3.05) is 6.54 Å². The zero-order valence-electron chi connectivity index (χ0n) is 12.5. The summed E-state index contributed by atoms with van der Waals surface area (Å²) >= 11 is 5.74. The van der Waals surface area contributed by atoms with Crippen LogP contribution in [0.5, 0.6) is 0 Å². The van der Waals surface area contributed by atoms with Crippen molar-refractivity contribution in [1.29, 1.82) is 0 Å². The van der Waals surface area contributed by atoms with Crippen LogP contribution in [0.15, 0.2) is 24.4 Å². The first kappa shape index (κ1) is 16.0. The Balaban J connectivity index is 2.31. The summed E-state index contributed by atoms with van der Waals surface area (Å²) in [6.45, 7) is 6.04. The van der Waals surface area contributed by atoms with E-state index in [1.54, 1.807) is 12.1 Å². The van der Waals surface area contributed by atoms with E-state index in [0.29, 0.717) is 5.69 Å². The van der Waals surface area contributed by atoms with Crippen LogP contribution in [0.25, 0.3) is 5.69 Å². The van der Waals surface area contributed by atoms with E-state index in [9.17, 15) is 4.39 Å². The normalized spacial score (nSPS) is 11.0. The summed E-state index contributed by atoms with van der Waals surface area (Å²) < 4.78 is 15.5. The van der Waals surface area contributed by atoms with Crippen LogP contribution in [-0.4, -0.2) is 16.3 Å². The lowest BCUT2D eigenvalue weighted by molar-refractivity contribution is 0.624. The molecular weight excluding hydrogens is 289 g/mol. The highest BCUT2D eigenvalue weighted by atomic mass is 35.5. The van der Waals surface area contributed by atoms with E-state index < -0.39 is 5.82 Å². The van der Waals surface area contributed by atoms with Gasteiger partial charge in [0.05, 0.1) is 16.9 Å². The number of benzene rings is 1. The summed E-state index contributed by atoms with van der Waals surface area (Å²) in [6.07, 6.45) is 4.88. The van der Waals surface area contributed by atoms with Crippen LogP contribution in [-0.2, 0) is 13.0 Å². The van der Waals surface area contributed by atoms with Crippen LogP contribution in [0.1, 0.15) is 37.9 Å². The molecule has 0 amide bonds. The van der Waals surface area contributed by atoms with E-state index in [-0.39, 0.29) is 5.02 Å². The van der Waals surface area contributed by atoms with Crippen LogP contribution < -0.4 is 5.32 Å². The number of halogens is 2. The van der Waals surface area contributed by atoms with Gasteiger partial charge in [-0.15, -0.1) is 0 Å². The Morgan fingerprint density at radius 3 is 2.76 bits per heavy atom. The lowest BCUT2D eigenvalue weighted by Gasteiger charge is -2.10. The predicted molar refractivity (Wildman–Crippen MR) is 84.5 cm³/mol. The third-order valence-electron chi connectivity index (χ3n) is 3.33. The van der Waals surface area contributed by atoms with Crippen molar-refractivity contribution in [3.8, 4) is 5.69 Å². The minimum Gasteiger partial charge on any atom is -0.313 e. The first-order valence-electron chi connectivity index (χ1n) is 7.39. The zero-order chi connectivity index (χ0) is 15.2. The molecule has 0 saturated heterocycles. The average Bonchev–Trinajstić information content (AvgIpc) is 2.86. The Bertz CT molecular complexity index is 595. The van der Waals surface area contributed by atoms with Gasteiger partial charge in [-0.3, -0.25) is 0 Å². The summed E-state index contributed by atoms with van der Waals surface area (Å²) in [5.74, 6) is -0.419. The number of hydrogen-bond acceptors (Lipinski definition) is 2. The fourth-order valence-electron chi connectivity index (χ4n) is 2.30. The quantitative estimate of drug-likeness (QED) is 0.780. The lowest BCUT2D eigenvalue weighted by atomic mass is 10.1. The SMILES string of the molecule is CCCNCc1cnn(-c2ccc(Cl)c(F)c2)c1CCC. The molecule has 0 aliphatic heterocycles. The van der Waals surface area contributed by atoms with Crippen molar-refractivity contribution < 1.29 is 4.39 Å². The Morgan fingerprint density at radius 1 is 1.29 bits per heavy atom. The van der Waals surface area contributed by atoms with Crippen LogP contribution in [0.4, 0.5) is 4.39 Å². The molecule has 1 aromatic carbocycles. The van der Waals surface area contributed by atoms with Gasteiger partial charge in [-0.1, -0.05) is 31.9 Å². The molecule has 1 heterocycles. The topological polar surface area (TPSA) is 29.9 Å². The highest BCUT2D eigenvalue weighted by molar-refractivity contribution is 6.30. The van der Waals surface area contributed by atoms with Gasteiger partial charge in [0, 0.05) is 23.9 Å². The third kappa shape index (κ3) is 3.83. The monoisotopic (exact) mass is 309 g/mol. The molecule has 0 spiro atoms. The van der Waals surface area contributed by atoms with Crippen molar-refractivity contribution in [2.45, 2.75) is 39.7 Å². The van der Waals surface area contributed by atoms with E-state index in [1.165, 1.54) is 11.6 Å². The first-order chi connectivity index (χ1) is 10.2. The van der Waals surface area contributed by atoms with Crippen molar-refractivity contribution in [2.24, 2.45) is 0 Å². The van der Waals surface area contributed by atoms with Crippen molar-refractivity contribution in [3.05, 3.63) is 46.5 Å². The standard InChI is InChI=1S/C16H21ClFN3/c1-3-5-16-12(10-19-8-4-2)11-20-21(16)13-6-7-14(17)15(18)9-13/h6-7,9,11,19H,3-5,8,10H2,1-2H3. The maximum absolute atomic E-state index is 13.7. The fraction of sp³-hybridized carbons (Fsp3) is 0.438. The highest BCUT2D eigenvalue weighted by Crippen LogP contribution is 2.21. The molecule has 0 radical (unpaired) electrons. The van der Waals surface area contributed by atoms with Crippen molar-refractivity contribution in [1.82, 2.24) is 15.1 Å².